The van der Waals surface area contributed by atoms with Gasteiger partial charge in [-0.15, -0.1) is 0 Å². The number of rotatable bonds is 5. The zero-order valence-electron chi connectivity index (χ0n) is 10.6. The zero-order chi connectivity index (χ0) is 13.7. The van der Waals surface area contributed by atoms with Gasteiger partial charge in [0.1, 0.15) is 0 Å². The second-order valence-corrected chi connectivity index (χ2v) is 3.68. The first-order valence-electron chi connectivity index (χ1n) is 5.48. The van der Waals surface area contributed by atoms with Crippen LogP contribution in [0.3, 0.4) is 0 Å². The van der Waals surface area contributed by atoms with Gasteiger partial charge in [-0.3, -0.25) is 9.59 Å². The minimum atomic E-state index is -0.891. The summed E-state index contributed by atoms with van der Waals surface area (Å²) in [6, 6.07) is 0. The number of hydrogen-bond acceptors (Lipinski definition) is 5. The van der Waals surface area contributed by atoms with Gasteiger partial charge in [0.15, 0.2) is 11.5 Å². The molecule has 1 amide bonds. The molecule has 0 aliphatic carbocycles. The molecule has 7 heteroatoms. The molecule has 0 bridgehead atoms. The number of carboxylic acids is 1. The number of aryl methyl sites for hydroxylation is 2. The maximum absolute atomic E-state index is 11.6. The molecular formula is C11H16N4O3. The largest absolute Gasteiger partial charge is 0.481 e. The van der Waals surface area contributed by atoms with E-state index in [1.165, 1.54) is 7.05 Å². The van der Waals surface area contributed by atoms with Gasteiger partial charge in [-0.2, -0.15) is 0 Å². The van der Waals surface area contributed by atoms with Crippen molar-refractivity contribution in [2.75, 3.05) is 19.4 Å². The van der Waals surface area contributed by atoms with Crippen molar-refractivity contribution in [1.82, 2.24) is 15.3 Å². The standard InChI is InChI=1S/C11H16N4O3/c1-6-7(4-5-8(16)17)15-10(12-2)9(14-6)11(18)13-3/h4-5H2,1-3H3,(H,12,15)(H,13,18)(H,16,17). The number of amides is 1. The maximum atomic E-state index is 11.6. The van der Waals surface area contributed by atoms with Crippen LogP contribution in [0.1, 0.15) is 28.3 Å². The summed E-state index contributed by atoms with van der Waals surface area (Å²) >= 11 is 0. The second-order valence-electron chi connectivity index (χ2n) is 3.68. The summed E-state index contributed by atoms with van der Waals surface area (Å²) in [4.78, 5) is 30.5. The number of aromatic nitrogens is 2. The first kappa shape index (κ1) is 13.9. The Kier molecular flexibility index (Phi) is 4.59. The highest BCUT2D eigenvalue weighted by Gasteiger charge is 2.16. The van der Waals surface area contributed by atoms with Crippen LogP contribution in [-0.4, -0.2) is 41.0 Å². The van der Waals surface area contributed by atoms with Crippen molar-refractivity contribution >= 4 is 17.7 Å². The van der Waals surface area contributed by atoms with Crippen LogP contribution in [0.4, 0.5) is 5.82 Å². The van der Waals surface area contributed by atoms with E-state index in [1.807, 2.05) is 0 Å². The van der Waals surface area contributed by atoms with Crippen LogP contribution in [0.15, 0.2) is 0 Å². The van der Waals surface area contributed by atoms with Crippen LogP contribution in [0.5, 0.6) is 0 Å². The van der Waals surface area contributed by atoms with E-state index in [4.69, 9.17) is 5.11 Å². The SMILES string of the molecule is CNC(=O)c1nc(C)c(CCC(=O)O)nc1NC. The average Bonchev–Trinajstić information content (AvgIpc) is 2.35. The normalized spacial score (nSPS) is 9.94. The van der Waals surface area contributed by atoms with Gasteiger partial charge >= 0.3 is 5.97 Å². The second kappa shape index (κ2) is 5.95. The fraction of sp³-hybridized carbons (Fsp3) is 0.455. The minimum Gasteiger partial charge on any atom is -0.481 e. The Hall–Kier alpha value is -2.18. The summed E-state index contributed by atoms with van der Waals surface area (Å²) in [6.45, 7) is 1.70. The lowest BCUT2D eigenvalue weighted by Gasteiger charge is -2.10. The summed E-state index contributed by atoms with van der Waals surface area (Å²) < 4.78 is 0. The smallest absolute Gasteiger partial charge is 0.303 e. The van der Waals surface area contributed by atoms with Crippen molar-refractivity contribution in [2.45, 2.75) is 19.8 Å². The van der Waals surface area contributed by atoms with Crippen molar-refractivity contribution in [2.24, 2.45) is 0 Å². The van der Waals surface area contributed by atoms with Gasteiger partial charge in [-0.05, 0) is 6.92 Å². The quantitative estimate of drug-likeness (QED) is 0.691. The third-order valence-electron chi connectivity index (χ3n) is 2.42. The van der Waals surface area contributed by atoms with E-state index in [-0.39, 0.29) is 24.4 Å². The van der Waals surface area contributed by atoms with Gasteiger partial charge in [0.05, 0.1) is 17.8 Å². The van der Waals surface area contributed by atoms with E-state index in [0.29, 0.717) is 17.2 Å². The molecule has 0 radical (unpaired) electrons. The molecule has 0 unspecified atom stereocenters. The Morgan fingerprint density at radius 3 is 2.44 bits per heavy atom. The number of carbonyl (C=O) groups excluding carboxylic acids is 1. The van der Waals surface area contributed by atoms with Crippen LogP contribution >= 0.6 is 0 Å². The maximum Gasteiger partial charge on any atom is 0.303 e. The van der Waals surface area contributed by atoms with Crippen LogP contribution in [0.25, 0.3) is 0 Å². The van der Waals surface area contributed by atoms with E-state index in [0.717, 1.165) is 0 Å². The molecule has 0 spiro atoms. The number of aliphatic carboxylic acids is 1. The number of nitrogens with one attached hydrogen (secondary N) is 2. The fourth-order valence-corrected chi connectivity index (χ4v) is 1.47. The summed E-state index contributed by atoms with van der Waals surface area (Å²) in [5, 5.41) is 13.9. The van der Waals surface area contributed by atoms with Crippen LogP contribution in [0.2, 0.25) is 0 Å². The summed E-state index contributed by atoms with van der Waals surface area (Å²) in [5.41, 5.74) is 1.35. The molecule has 18 heavy (non-hydrogen) atoms. The molecule has 98 valence electrons. The molecule has 1 aromatic rings. The van der Waals surface area contributed by atoms with Gasteiger partial charge in [0.2, 0.25) is 0 Å². The molecule has 1 aromatic heterocycles. The van der Waals surface area contributed by atoms with Crippen molar-refractivity contribution in [3.05, 3.63) is 17.1 Å². The highest BCUT2D eigenvalue weighted by molar-refractivity contribution is 5.96. The van der Waals surface area contributed by atoms with Crippen molar-refractivity contribution in [3.8, 4) is 0 Å². The third-order valence-corrected chi connectivity index (χ3v) is 2.42. The van der Waals surface area contributed by atoms with E-state index in [1.54, 1.807) is 14.0 Å². The summed E-state index contributed by atoms with van der Waals surface area (Å²) in [5.74, 6) is -0.877. The number of carbonyl (C=O) groups is 2. The van der Waals surface area contributed by atoms with Gasteiger partial charge in [0.25, 0.3) is 5.91 Å². The molecule has 0 saturated heterocycles. The Balaban J connectivity index is 3.09. The highest BCUT2D eigenvalue weighted by Crippen LogP contribution is 2.14. The Morgan fingerprint density at radius 2 is 1.94 bits per heavy atom. The lowest BCUT2D eigenvalue weighted by molar-refractivity contribution is -0.136. The lowest BCUT2D eigenvalue weighted by Crippen LogP contribution is -2.22. The van der Waals surface area contributed by atoms with Gasteiger partial charge in [-0.25, -0.2) is 9.97 Å². The predicted molar refractivity (Wildman–Crippen MR) is 65.7 cm³/mol. The highest BCUT2D eigenvalue weighted by atomic mass is 16.4. The predicted octanol–water partition coefficient (Wildman–Crippen LogP) is 0.204. The minimum absolute atomic E-state index is 0.0159. The van der Waals surface area contributed by atoms with Crippen molar-refractivity contribution in [3.63, 3.8) is 0 Å². The average molecular weight is 252 g/mol. The molecule has 0 fully saturated rings. The first-order chi connectivity index (χ1) is 8.49. The Morgan fingerprint density at radius 1 is 1.28 bits per heavy atom. The topological polar surface area (TPSA) is 104 Å². The summed E-state index contributed by atoms with van der Waals surface area (Å²) in [6.07, 6.45) is 0.273. The molecule has 0 aliphatic rings. The molecule has 1 rings (SSSR count). The fourth-order valence-electron chi connectivity index (χ4n) is 1.47. The lowest BCUT2D eigenvalue weighted by atomic mass is 10.2. The molecule has 3 N–H and O–H groups in total. The van der Waals surface area contributed by atoms with Crippen LogP contribution < -0.4 is 10.6 Å². The van der Waals surface area contributed by atoms with Gasteiger partial charge in [-0.1, -0.05) is 0 Å². The molecular weight excluding hydrogens is 236 g/mol. The number of anilines is 1. The number of nitrogens with zero attached hydrogens (tertiary/aromatic N) is 2. The van der Waals surface area contributed by atoms with Gasteiger partial charge in [0, 0.05) is 20.5 Å². The third kappa shape index (κ3) is 3.16. The van der Waals surface area contributed by atoms with Crippen LogP contribution in [0, 0.1) is 6.92 Å². The van der Waals surface area contributed by atoms with E-state index >= 15 is 0 Å². The molecule has 0 atom stereocenters. The number of carboxylic acid groups (broad SMARTS) is 1. The monoisotopic (exact) mass is 252 g/mol. The van der Waals surface area contributed by atoms with E-state index < -0.39 is 5.97 Å². The zero-order valence-corrected chi connectivity index (χ0v) is 10.6. The molecule has 7 nitrogen and oxygen atoms in total. The number of hydrogen-bond donors (Lipinski definition) is 3. The van der Waals surface area contributed by atoms with E-state index in [9.17, 15) is 9.59 Å². The van der Waals surface area contributed by atoms with Crippen molar-refractivity contribution < 1.29 is 14.7 Å². The molecule has 0 aliphatic heterocycles. The van der Waals surface area contributed by atoms with E-state index in [2.05, 4.69) is 20.6 Å². The molecule has 0 aromatic carbocycles. The first-order valence-corrected chi connectivity index (χ1v) is 5.48. The Labute approximate surface area is 105 Å². The van der Waals surface area contributed by atoms with Crippen molar-refractivity contribution in [1.29, 1.82) is 0 Å². The van der Waals surface area contributed by atoms with Gasteiger partial charge < -0.3 is 15.7 Å². The molecule has 1 heterocycles. The van der Waals surface area contributed by atoms with Crippen LogP contribution in [-0.2, 0) is 11.2 Å². The molecule has 0 saturated carbocycles. The Bertz CT molecular complexity index is 474. The summed E-state index contributed by atoms with van der Waals surface area (Å²) in [7, 11) is 3.14.